The van der Waals surface area contributed by atoms with Gasteiger partial charge in [0.1, 0.15) is 5.75 Å². The molecule has 3 heterocycles. The van der Waals surface area contributed by atoms with Gasteiger partial charge in [0.15, 0.2) is 0 Å². The maximum atomic E-state index is 13.7. The predicted octanol–water partition coefficient (Wildman–Crippen LogP) is 4.28. The zero-order valence-electron chi connectivity index (χ0n) is 17.4. The molecule has 2 aliphatic rings. The van der Waals surface area contributed by atoms with E-state index in [1.807, 2.05) is 47.4 Å². The van der Waals surface area contributed by atoms with Crippen LogP contribution in [0, 0.1) is 5.92 Å². The molecule has 1 aromatic heterocycles. The summed E-state index contributed by atoms with van der Waals surface area (Å²) in [5.41, 5.74) is 3.14. The number of amides is 2. The summed E-state index contributed by atoms with van der Waals surface area (Å²) in [6.45, 7) is 1.09. The Morgan fingerprint density at radius 2 is 1.84 bits per heavy atom. The normalized spacial score (nSPS) is 20.6. The molecule has 2 aromatic carbocycles. The molecule has 0 aliphatic carbocycles. The summed E-state index contributed by atoms with van der Waals surface area (Å²) in [4.78, 5) is 31.5. The van der Waals surface area contributed by atoms with Crippen LogP contribution in [0.25, 0.3) is 0 Å². The number of methoxy groups -OCH3 is 1. The second-order valence-electron chi connectivity index (χ2n) is 8.00. The Kier molecular flexibility index (Phi) is 5.24. The lowest BCUT2D eigenvalue weighted by Gasteiger charge is -2.37. The molecule has 0 saturated carbocycles. The van der Waals surface area contributed by atoms with Gasteiger partial charge in [0.05, 0.1) is 19.1 Å². The molecule has 2 atom stereocenters. The van der Waals surface area contributed by atoms with Crippen molar-refractivity contribution in [1.82, 2.24) is 4.90 Å². The van der Waals surface area contributed by atoms with Crippen molar-refractivity contribution in [3.8, 4) is 5.75 Å². The van der Waals surface area contributed by atoms with E-state index in [4.69, 9.17) is 4.74 Å². The zero-order chi connectivity index (χ0) is 21.4. The number of fused-ring (bicyclic) bond motifs is 1. The van der Waals surface area contributed by atoms with Crippen LogP contribution in [0.3, 0.4) is 0 Å². The summed E-state index contributed by atoms with van der Waals surface area (Å²) >= 11 is 1.76. The molecule has 0 spiro atoms. The van der Waals surface area contributed by atoms with Crippen molar-refractivity contribution in [2.24, 2.45) is 5.92 Å². The lowest BCUT2D eigenvalue weighted by atomic mass is 9.91. The van der Waals surface area contributed by atoms with Gasteiger partial charge in [0.25, 0.3) is 0 Å². The molecule has 0 N–H and O–H groups in total. The van der Waals surface area contributed by atoms with E-state index in [9.17, 15) is 9.59 Å². The van der Waals surface area contributed by atoms with Crippen LogP contribution < -0.4 is 9.64 Å². The third-order valence-corrected chi connectivity index (χ3v) is 7.22. The van der Waals surface area contributed by atoms with Crippen molar-refractivity contribution in [2.45, 2.75) is 18.9 Å². The number of ether oxygens (including phenoxy) is 1. The number of anilines is 1. The lowest BCUT2D eigenvalue weighted by Crippen LogP contribution is -2.43. The average molecular weight is 433 g/mol. The summed E-state index contributed by atoms with van der Waals surface area (Å²) in [6, 6.07) is 19.7. The molecule has 31 heavy (non-hydrogen) atoms. The first-order valence-electron chi connectivity index (χ1n) is 10.5. The Morgan fingerprint density at radius 1 is 1.06 bits per heavy atom. The van der Waals surface area contributed by atoms with Crippen molar-refractivity contribution in [1.29, 1.82) is 0 Å². The minimum atomic E-state index is -0.332. The highest BCUT2D eigenvalue weighted by atomic mass is 32.1. The highest BCUT2D eigenvalue weighted by molar-refractivity contribution is 7.10. The van der Waals surface area contributed by atoms with Crippen molar-refractivity contribution in [3.63, 3.8) is 0 Å². The Morgan fingerprint density at radius 3 is 2.58 bits per heavy atom. The maximum Gasteiger partial charge on any atom is 0.228 e. The van der Waals surface area contributed by atoms with Gasteiger partial charge in [-0.25, -0.2) is 0 Å². The second-order valence-corrected chi connectivity index (χ2v) is 9.00. The van der Waals surface area contributed by atoms with Crippen molar-refractivity contribution < 1.29 is 14.3 Å². The van der Waals surface area contributed by atoms with Crippen LogP contribution in [0.5, 0.6) is 5.75 Å². The zero-order valence-corrected chi connectivity index (χ0v) is 18.2. The highest BCUT2D eigenvalue weighted by Crippen LogP contribution is 2.39. The number of carbonyl (C=O) groups excluding carboxylic acids is 2. The van der Waals surface area contributed by atoms with Gasteiger partial charge in [-0.3, -0.25) is 9.59 Å². The predicted molar refractivity (Wildman–Crippen MR) is 121 cm³/mol. The van der Waals surface area contributed by atoms with Crippen LogP contribution >= 0.6 is 11.3 Å². The standard InChI is InChI=1S/C25H24N2O3S/c1-30-20-9-7-19(8-10-20)27-16-18(15-23(27)28)25(29)26-13-11-22-21(12-14-31-22)24(26)17-5-3-2-4-6-17/h2-10,12,14,18,24H,11,13,15-16H2,1H3. The third kappa shape index (κ3) is 3.61. The summed E-state index contributed by atoms with van der Waals surface area (Å²) in [5, 5.41) is 2.11. The van der Waals surface area contributed by atoms with Crippen LogP contribution in [0.15, 0.2) is 66.0 Å². The first-order chi connectivity index (χ1) is 15.2. The molecule has 5 nitrogen and oxygen atoms in total. The number of hydrogen-bond acceptors (Lipinski definition) is 4. The van der Waals surface area contributed by atoms with E-state index in [0.29, 0.717) is 13.1 Å². The summed E-state index contributed by atoms with van der Waals surface area (Å²) in [6.07, 6.45) is 1.12. The number of rotatable bonds is 4. The van der Waals surface area contributed by atoms with Crippen LogP contribution in [0.4, 0.5) is 5.69 Å². The van der Waals surface area contributed by atoms with Gasteiger partial charge in [0.2, 0.25) is 11.8 Å². The monoisotopic (exact) mass is 432 g/mol. The molecule has 0 bridgehead atoms. The van der Waals surface area contributed by atoms with Crippen LogP contribution in [-0.4, -0.2) is 36.9 Å². The topological polar surface area (TPSA) is 49.9 Å². The van der Waals surface area contributed by atoms with Crippen LogP contribution in [0.2, 0.25) is 0 Å². The SMILES string of the molecule is COc1ccc(N2CC(C(=O)N3CCc4sccc4C3c3ccccc3)CC2=O)cc1. The molecule has 6 heteroatoms. The molecule has 2 amide bonds. The second kappa shape index (κ2) is 8.19. The molecule has 0 radical (unpaired) electrons. The Hall–Kier alpha value is -3.12. The highest BCUT2D eigenvalue weighted by Gasteiger charge is 2.41. The molecular weight excluding hydrogens is 408 g/mol. The number of nitrogens with zero attached hydrogens (tertiary/aromatic N) is 2. The Labute approximate surface area is 185 Å². The molecule has 5 rings (SSSR count). The molecule has 1 saturated heterocycles. The van der Waals surface area contributed by atoms with Crippen molar-refractivity contribution >= 4 is 28.8 Å². The van der Waals surface area contributed by atoms with Gasteiger partial charge in [-0.1, -0.05) is 30.3 Å². The maximum absolute atomic E-state index is 13.7. The Bertz CT molecular complexity index is 1090. The molecule has 1 fully saturated rings. The van der Waals surface area contributed by atoms with Crippen LogP contribution in [-0.2, 0) is 16.0 Å². The van der Waals surface area contributed by atoms with Gasteiger partial charge in [-0.2, -0.15) is 0 Å². The van der Waals surface area contributed by atoms with Gasteiger partial charge in [0, 0.05) is 30.1 Å². The fourth-order valence-electron chi connectivity index (χ4n) is 4.67. The number of benzene rings is 2. The van der Waals surface area contributed by atoms with Gasteiger partial charge in [-0.15, -0.1) is 11.3 Å². The number of carbonyl (C=O) groups is 2. The molecule has 158 valence electrons. The summed E-state index contributed by atoms with van der Waals surface area (Å²) in [7, 11) is 1.62. The van der Waals surface area contributed by atoms with Crippen molar-refractivity contribution in [2.75, 3.05) is 25.1 Å². The van der Waals surface area contributed by atoms with Gasteiger partial charge < -0.3 is 14.5 Å². The van der Waals surface area contributed by atoms with E-state index in [2.05, 4.69) is 23.6 Å². The Balaban J connectivity index is 1.40. The molecular formula is C25H24N2O3S. The van der Waals surface area contributed by atoms with E-state index >= 15 is 0 Å². The minimum absolute atomic E-state index is 0.00647. The fraction of sp³-hybridized carbons (Fsp3) is 0.280. The minimum Gasteiger partial charge on any atom is -0.497 e. The molecule has 2 unspecified atom stereocenters. The third-order valence-electron chi connectivity index (χ3n) is 6.22. The average Bonchev–Trinajstić information content (AvgIpc) is 3.45. The lowest BCUT2D eigenvalue weighted by molar-refractivity contribution is -0.137. The van der Waals surface area contributed by atoms with Crippen LogP contribution in [0.1, 0.15) is 28.5 Å². The number of thiophene rings is 1. The molecule has 3 aromatic rings. The van der Waals surface area contributed by atoms with E-state index in [-0.39, 0.29) is 30.2 Å². The number of hydrogen-bond donors (Lipinski definition) is 0. The first-order valence-corrected chi connectivity index (χ1v) is 11.4. The van der Waals surface area contributed by atoms with E-state index in [1.165, 1.54) is 10.4 Å². The van der Waals surface area contributed by atoms with Gasteiger partial charge in [-0.05, 0) is 53.3 Å². The summed E-state index contributed by atoms with van der Waals surface area (Å²) < 4.78 is 5.21. The van der Waals surface area contributed by atoms with Crippen molar-refractivity contribution in [3.05, 3.63) is 82.0 Å². The first kappa shape index (κ1) is 19.8. The molecule has 2 aliphatic heterocycles. The quantitative estimate of drug-likeness (QED) is 0.618. The van der Waals surface area contributed by atoms with E-state index in [0.717, 1.165) is 23.4 Å². The van der Waals surface area contributed by atoms with E-state index < -0.39 is 0 Å². The van der Waals surface area contributed by atoms with E-state index in [1.54, 1.807) is 23.3 Å². The largest absolute Gasteiger partial charge is 0.497 e. The summed E-state index contributed by atoms with van der Waals surface area (Å²) in [5.74, 6) is 0.470. The van der Waals surface area contributed by atoms with Gasteiger partial charge >= 0.3 is 0 Å². The smallest absolute Gasteiger partial charge is 0.228 e. The fourth-order valence-corrected chi connectivity index (χ4v) is 5.57.